The number of ether oxygens (including phenoxy) is 2. The van der Waals surface area contributed by atoms with Crippen molar-refractivity contribution in [1.82, 2.24) is 0 Å². The molecule has 1 aromatic carbocycles. The summed E-state index contributed by atoms with van der Waals surface area (Å²) < 4.78 is 10.3. The molecule has 0 saturated heterocycles. The number of carbonyl (C=O) groups excluding carboxylic acids is 3. The van der Waals surface area contributed by atoms with Gasteiger partial charge in [0.1, 0.15) is 9.88 Å². The van der Waals surface area contributed by atoms with E-state index in [4.69, 9.17) is 21.1 Å². The van der Waals surface area contributed by atoms with E-state index in [0.29, 0.717) is 5.56 Å². The first-order chi connectivity index (χ1) is 12.8. The number of halogens is 1. The Morgan fingerprint density at radius 1 is 1.19 bits per heavy atom. The maximum Gasteiger partial charge on any atom is 0.348 e. The highest BCUT2D eigenvalue weighted by Crippen LogP contribution is 2.35. The average molecular weight is 410 g/mol. The number of hydrogen-bond acceptors (Lipinski definition) is 6. The van der Waals surface area contributed by atoms with E-state index in [0.717, 1.165) is 11.3 Å². The first kappa shape index (κ1) is 20.9. The quantitative estimate of drug-likeness (QED) is 0.699. The van der Waals surface area contributed by atoms with Crippen LogP contribution in [0.3, 0.4) is 0 Å². The van der Waals surface area contributed by atoms with Gasteiger partial charge in [-0.3, -0.25) is 4.79 Å². The molecule has 0 saturated carbocycles. The normalized spacial score (nSPS) is 10.6. The second-order valence-electron chi connectivity index (χ2n) is 5.87. The summed E-state index contributed by atoms with van der Waals surface area (Å²) in [6.45, 7) is 6.92. The molecule has 2 rings (SSSR count). The van der Waals surface area contributed by atoms with E-state index in [9.17, 15) is 14.4 Å². The van der Waals surface area contributed by atoms with Gasteiger partial charge in [-0.05, 0) is 45.4 Å². The zero-order valence-corrected chi connectivity index (χ0v) is 17.0. The summed E-state index contributed by atoms with van der Waals surface area (Å²) in [4.78, 5) is 37.5. The molecular formula is C19H20ClNO5S. The van der Waals surface area contributed by atoms with E-state index in [1.807, 2.05) is 0 Å². The third-order valence-corrected chi connectivity index (χ3v) is 5.02. The maximum atomic E-state index is 12.6. The van der Waals surface area contributed by atoms with Crippen molar-refractivity contribution in [2.24, 2.45) is 0 Å². The average Bonchev–Trinajstić information content (AvgIpc) is 2.91. The number of nitrogens with one attached hydrogen (secondary N) is 1. The lowest BCUT2D eigenvalue weighted by Gasteiger charge is -2.08. The summed E-state index contributed by atoms with van der Waals surface area (Å²) in [7, 11) is 0. The van der Waals surface area contributed by atoms with E-state index >= 15 is 0 Å². The van der Waals surface area contributed by atoms with Crippen LogP contribution in [-0.4, -0.2) is 30.6 Å². The van der Waals surface area contributed by atoms with Crippen LogP contribution in [-0.2, 0) is 9.47 Å². The highest BCUT2D eigenvalue weighted by Gasteiger charge is 2.28. The summed E-state index contributed by atoms with van der Waals surface area (Å²) >= 11 is 7.03. The van der Waals surface area contributed by atoms with Crippen molar-refractivity contribution in [3.8, 4) is 0 Å². The van der Waals surface area contributed by atoms with Gasteiger partial charge in [0.2, 0.25) is 0 Å². The van der Waals surface area contributed by atoms with Gasteiger partial charge in [-0.25, -0.2) is 9.59 Å². The Bertz CT molecular complexity index is 875. The number of thiophene rings is 1. The Morgan fingerprint density at radius 3 is 2.44 bits per heavy atom. The molecule has 1 aromatic heterocycles. The number of anilines is 1. The number of esters is 2. The minimum Gasteiger partial charge on any atom is -0.462 e. The van der Waals surface area contributed by atoms with E-state index in [-0.39, 0.29) is 38.7 Å². The molecular weight excluding hydrogens is 390 g/mol. The number of benzene rings is 1. The van der Waals surface area contributed by atoms with Crippen molar-refractivity contribution >= 4 is 45.8 Å². The van der Waals surface area contributed by atoms with Gasteiger partial charge in [-0.1, -0.05) is 23.7 Å². The lowest BCUT2D eigenvalue weighted by Crippen LogP contribution is -2.15. The summed E-state index contributed by atoms with van der Waals surface area (Å²) in [5, 5.41) is 3.16. The van der Waals surface area contributed by atoms with Gasteiger partial charge in [0.25, 0.3) is 5.91 Å². The first-order valence-electron chi connectivity index (χ1n) is 8.33. The summed E-state index contributed by atoms with van der Waals surface area (Å²) in [5.74, 6) is -1.67. The molecule has 144 valence electrons. The fourth-order valence-electron chi connectivity index (χ4n) is 2.33. The Kier molecular flexibility index (Phi) is 6.98. The topological polar surface area (TPSA) is 81.7 Å². The van der Waals surface area contributed by atoms with Crippen molar-refractivity contribution in [2.75, 3.05) is 11.9 Å². The molecule has 0 atom stereocenters. The Morgan fingerprint density at radius 2 is 1.85 bits per heavy atom. The number of rotatable bonds is 6. The van der Waals surface area contributed by atoms with Crippen LogP contribution in [0.4, 0.5) is 5.00 Å². The van der Waals surface area contributed by atoms with Crippen molar-refractivity contribution < 1.29 is 23.9 Å². The standard InChI is InChI=1S/C19H20ClNO5S/c1-5-25-18(23)14-11(4)15(19(24)26-10(2)3)27-17(14)21-16(22)12-8-6-7-9-13(12)20/h6-10H,5H2,1-4H3,(H,21,22). The monoisotopic (exact) mass is 409 g/mol. The number of amides is 1. The van der Waals surface area contributed by atoms with E-state index < -0.39 is 17.8 Å². The molecule has 0 unspecified atom stereocenters. The maximum absolute atomic E-state index is 12.6. The molecule has 0 bridgehead atoms. The summed E-state index contributed by atoms with van der Waals surface area (Å²) in [5.41, 5.74) is 0.794. The number of carbonyl (C=O) groups is 3. The van der Waals surface area contributed by atoms with Gasteiger partial charge in [-0.15, -0.1) is 11.3 Å². The number of hydrogen-bond donors (Lipinski definition) is 1. The van der Waals surface area contributed by atoms with Crippen LogP contribution in [0.5, 0.6) is 0 Å². The van der Waals surface area contributed by atoms with Gasteiger partial charge < -0.3 is 14.8 Å². The van der Waals surface area contributed by atoms with Gasteiger partial charge >= 0.3 is 11.9 Å². The fraction of sp³-hybridized carbons (Fsp3) is 0.316. The summed E-state index contributed by atoms with van der Waals surface area (Å²) in [6.07, 6.45) is -0.314. The van der Waals surface area contributed by atoms with Gasteiger partial charge in [0.05, 0.1) is 28.9 Å². The SMILES string of the molecule is CCOC(=O)c1c(NC(=O)c2ccccc2Cl)sc(C(=O)OC(C)C)c1C. The van der Waals surface area contributed by atoms with E-state index in [1.165, 1.54) is 0 Å². The van der Waals surface area contributed by atoms with Crippen molar-refractivity contribution in [3.05, 3.63) is 50.9 Å². The molecule has 1 amide bonds. The smallest absolute Gasteiger partial charge is 0.348 e. The highest BCUT2D eigenvalue weighted by molar-refractivity contribution is 7.18. The third kappa shape index (κ3) is 4.87. The molecule has 8 heteroatoms. The third-order valence-electron chi connectivity index (χ3n) is 3.50. The van der Waals surface area contributed by atoms with Gasteiger partial charge in [0.15, 0.2) is 0 Å². The zero-order valence-electron chi connectivity index (χ0n) is 15.4. The Balaban J connectivity index is 2.44. The largest absolute Gasteiger partial charge is 0.462 e. The van der Waals surface area contributed by atoms with Gasteiger partial charge in [-0.2, -0.15) is 0 Å². The molecule has 0 aliphatic heterocycles. The fourth-order valence-corrected chi connectivity index (χ4v) is 3.62. The van der Waals surface area contributed by atoms with Crippen LogP contribution in [0.1, 0.15) is 56.7 Å². The van der Waals surface area contributed by atoms with Crippen LogP contribution >= 0.6 is 22.9 Å². The van der Waals surface area contributed by atoms with Crippen molar-refractivity contribution in [1.29, 1.82) is 0 Å². The second-order valence-corrected chi connectivity index (χ2v) is 7.30. The first-order valence-corrected chi connectivity index (χ1v) is 9.53. The molecule has 27 heavy (non-hydrogen) atoms. The lowest BCUT2D eigenvalue weighted by molar-refractivity contribution is 0.0383. The minimum absolute atomic E-state index is 0.137. The molecule has 0 aliphatic carbocycles. The predicted octanol–water partition coefficient (Wildman–Crippen LogP) is 4.70. The van der Waals surface area contributed by atoms with Crippen LogP contribution in [0.2, 0.25) is 5.02 Å². The lowest BCUT2D eigenvalue weighted by atomic mass is 10.1. The Hall–Kier alpha value is -2.38. The molecule has 1 heterocycles. The molecule has 0 aliphatic rings. The molecule has 1 N–H and O–H groups in total. The van der Waals surface area contributed by atoms with Crippen LogP contribution in [0.25, 0.3) is 0 Å². The predicted molar refractivity (Wildman–Crippen MR) is 105 cm³/mol. The molecule has 6 nitrogen and oxygen atoms in total. The van der Waals surface area contributed by atoms with E-state index in [2.05, 4.69) is 5.32 Å². The minimum atomic E-state index is -0.621. The Labute approximate surface area is 166 Å². The molecule has 0 radical (unpaired) electrons. The molecule has 0 fully saturated rings. The summed E-state index contributed by atoms with van der Waals surface area (Å²) in [6, 6.07) is 6.54. The van der Waals surface area contributed by atoms with E-state index in [1.54, 1.807) is 52.0 Å². The van der Waals surface area contributed by atoms with Gasteiger partial charge in [0, 0.05) is 0 Å². The highest BCUT2D eigenvalue weighted by atomic mass is 35.5. The van der Waals surface area contributed by atoms with Crippen LogP contribution in [0.15, 0.2) is 24.3 Å². The van der Waals surface area contributed by atoms with Crippen molar-refractivity contribution in [3.63, 3.8) is 0 Å². The van der Waals surface area contributed by atoms with Crippen LogP contribution < -0.4 is 5.32 Å². The zero-order chi connectivity index (χ0) is 20.1. The van der Waals surface area contributed by atoms with Crippen molar-refractivity contribution in [2.45, 2.75) is 33.8 Å². The molecule has 2 aromatic rings. The molecule has 0 spiro atoms. The van der Waals surface area contributed by atoms with Crippen LogP contribution in [0, 0.1) is 6.92 Å². The second kappa shape index (κ2) is 9.01.